The van der Waals surface area contributed by atoms with E-state index in [0.29, 0.717) is 12.6 Å². The first-order chi connectivity index (χ1) is 8.56. The molecule has 1 aromatic rings. The summed E-state index contributed by atoms with van der Waals surface area (Å²) in [5.41, 5.74) is -0.132. The monoisotopic (exact) mass is 318 g/mol. The van der Waals surface area contributed by atoms with Crippen molar-refractivity contribution in [3.63, 3.8) is 0 Å². The fourth-order valence-electron chi connectivity index (χ4n) is 1.51. The van der Waals surface area contributed by atoms with Crippen LogP contribution in [0.4, 0.5) is 14.5 Å². The van der Waals surface area contributed by atoms with Gasteiger partial charge in [0.1, 0.15) is 11.6 Å². The Kier molecular flexibility index (Phi) is 4.29. The maximum absolute atomic E-state index is 13.4. The van der Waals surface area contributed by atoms with Crippen LogP contribution in [0.5, 0.6) is 0 Å². The molecule has 1 aliphatic rings. The van der Waals surface area contributed by atoms with Gasteiger partial charge in [-0.2, -0.15) is 0 Å². The van der Waals surface area contributed by atoms with E-state index in [1.807, 2.05) is 0 Å². The fourth-order valence-corrected chi connectivity index (χ4v) is 1.82. The van der Waals surface area contributed by atoms with Crippen LogP contribution in [0, 0.1) is 11.6 Å². The first-order valence-electron chi connectivity index (χ1n) is 5.74. The Morgan fingerprint density at radius 1 is 1.33 bits per heavy atom. The second-order valence-electron chi connectivity index (χ2n) is 4.27. The van der Waals surface area contributed by atoms with E-state index in [1.165, 1.54) is 0 Å². The van der Waals surface area contributed by atoms with E-state index in [-0.39, 0.29) is 22.5 Å². The van der Waals surface area contributed by atoms with Crippen LogP contribution in [0.1, 0.15) is 19.3 Å². The van der Waals surface area contributed by atoms with Crippen molar-refractivity contribution in [1.29, 1.82) is 0 Å². The molecular weight excluding hydrogens is 306 g/mol. The van der Waals surface area contributed by atoms with Crippen molar-refractivity contribution < 1.29 is 13.6 Å². The molecule has 98 valence electrons. The molecule has 0 atom stereocenters. The highest BCUT2D eigenvalue weighted by Gasteiger charge is 2.20. The summed E-state index contributed by atoms with van der Waals surface area (Å²) in [5, 5.41) is 5.53. The first-order valence-corrected chi connectivity index (χ1v) is 6.53. The van der Waals surface area contributed by atoms with Gasteiger partial charge in [0.2, 0.25) is 5.91 Å². The molecule has 2 rings (SSSR count). The molecule has 0 aliphatic heterocycles. The smallest absolute Gasteiger partial charge is 0.225 e. The summed E-state index contributed by atoms with van der Waals surface area (Å²) in [7, 11) is 0. The topological polar surface area (TPSA) is 41.1 Å². The van der Waals surface area contributed by atoms with Gasteiger partial charge in [0, 0.05) is 25.1 Å². The summed E-state index contributed by atoms with van der Waals surface area (Å²) in [5.74, 6) is -1.60. The lowest BCUT2D eigenvalue weighted by atomic mass is 10.3. The lowest BCUT2D eigenvalue weighted by Crippen LogP contribution is -2.23. The van der Waals surface area contributed by atoms with Crippen molar-refractivity contribution in [1.82, 2.24) is 5.32 Å². The molecule has 0 bridgehead atoms. The molecule has 1 amide bonds. The van der Waals surface area contributed by atoms with Gasteiger partial charge in [0.15, 0.2) is 0 Å². The third-order valence-electron chi connectivity index (χ3n) is 2.65. The molecule has 6 heteroatoms. The SMILES string of the molecule is O=C(CCNC1CC1)Nc1cc(F)c(Br)cc1F. The second kappa shape index (κ2) is 5.75. The average molecular weight is 319 g/mol. The molecule has 1 saturated carbocycles. The minimum atomic E-state index is -0.660. The lowest BCUT2D eigenvalue weighted by molar-refractivity contribution is -0.116. The van der Waals surface area contributed by atoms with Gasteiger partial charge >= 0.3 is 0 Å². The van der Waals surface area contributed by atoms with Crippen LogP contribution in [0.15, 0.2) is 16.6 Å². The maximum Gasteiger partial charge on any atom is 0.225 e. The van der Waals surface area contributed by atoms with Crippen LogP contribution in [0.2, 0.25) is 0 Å². The third kappa shape index (κ3) is 3.74. The Balaban J connectivity index is 1.87. The number of carbonyl (C=O) groups excluding carboxylic acids is 1. The highest BCUT2D eigenvalue weighted by molar-refractivity contribution is 9.10. The molecule has 1 fully saturated rings. The highest BCUT2D eigenvalue weighted by atomic mass is 79.9. The number of rotatable bonds is 5. The van der Waals surface area contributed by atoms with Crippen molar-refractivity contribution in [3.8, 4) is 0 Å². The van der Waals surface area contributed by atoms with Crippen LogP contribution in [0.25, 0.3) is 0 Å². The van der Waals surface area contributed by atoms with E-state index in [0.717, 1.165) is 25.0 Å². The van der Waals surface area contributed by atoms with Gasteiger partial charge in [-0.15, -0.1) is 0 Å². The summed E-state index contributed by atoms with van der Waals surface area (Å²) in [4.78, 5) is 11.5. The fraction of sp³-hybridized carbons (Fsp3) is 0.417. The van der Waals surface area contributed by atoms with Gasteiger partial charge in [-0.1, -0.05) is 0 Å². The Bertz CT molecular complexity index is 464. The van der Waals surface area contributed by atoms with Crippen LogP contribution < -0.4 is 10.6 Å². The molecule has 0 spiro atoms. The zero-order valence-electron chi connectivity index (χ0n) is 9.60. The number of amides is 1. The van der Waals surface area contributed by atoms with E-state index in [9.17, 15) is 13.6 Å². The number of anilines is 1. The van der Waals surface area contributed by atoms with Gasteiger partial charge in [-0.05, 0) is 34.8 Å². The minimum absolute atomic E-state index is 0.0356. The second-order valence-corrected chi connectivity index (χ2v) is 5.13. The molecule has 0 radical (unpaired) electrons. The Morgan fingerprint density at radius 3 is 2.72 bits per heavy atom. The number of benzene rings is 1. The quantitative estimate of drug-likeness (QED) is 0.820. The Morgan fingerprint density at radius 2 is 2.06 bits per heavy atom. The van der Waals surface area contributed by atoms with Gasteiger partial charge in [0.05, 0.1) is 10.2 Å². The van der Waals surface area contributed by atoms with Gasteiger partial charge < -0.3 is 10.6 Å². The molecule has 0 heterocycles. The molecule has 3 nitrogen and oxygen atoms in total. The summed E-state index contributed by atoms with van der Waals surface area (Å²) < 4.78 is 26.7. The summed E-state index contributed by atoms with van der Waals surface area (Å²) in [6.07, 6.45) is 2.54. The minimum Gasteiger partial charge on any atom is -0.323 e. The molecular formula is C12H13BrF2N2O. The van der Waals surface area contributed by atoms with Crippen molar-refractivity contribution in [3.05, 3.63) is 28.2 Å². The van der Waals surface area contributed by atoms with Gasteiger partial charge in [-0.25, -0.2) is 8.78 Å². The van der Waals surface area contributed by atoms with Crippen molar-refractivity contribution in [2.24, 2.45) is 0 Å². The number of halogens is 3. The zero-order chi connectivity index (χ0) is 13.1. The van der Waals surface area contributed by atoms with Crippen molar-refractivity contribution in [2.45, 2.75) is 25.3 Å². The van der Waals surface area contributed by atoms with Gasteiger partial charge in [0.25, 0.3) is 0 Å². The lowest BCUT2D eigenvalue weighted by Gasteiger charge is -2.08. The Hall–Kier alpha value is -1.01. The number of hydrogen-bond acceptors (Lipinski definition) is 2. The molecule has 1 aromatic carbocycles. The van der Waals surface area contributed by atoms with Crippen LogP contribution in [0.3, 0.4) is 0 Å². The Labute approximate surface area is 112 Å². The van der Waals surface area contributed by atoms with Crippen LogP contribution >= 0.6 is 15.9 Å². The third-order valence-corrected chi connectivity index (χ3v) is 3.25. The summed E-state index contributed by atoms with van der Waals surface area (Å²) in [6.45, 7) is 0.553. The number of nitrogens with one attached hydrogen (secondary N) is 2. The van der Waals surface area contributed by atoms with Gasteiger partial charge in [-0.3, -0.25) is 4.79 Å². The number of hydrogen-bond donors (Lipinski definition) is 2. The standard InChI is InChI=1S/C12H13BrF2N2O/c13-8-5-10(15)11(6-9(8)14)17-12(18)3-4-16-7-1-2-7/h5-7,16H,1-4H2,(H,17,18). The van der Waals surface area contributed by atoms with E-state index < -0.39 is 11.6 Å². The molecule has 2 N–H and O–H groups in total. The highest BCUT2D eigenvalue weighted by Crippen LogP contribution is 2.23. The van der Waals surface area contributed by atoms with Crippen LogP contribution in [-0.4, -0.2) is 18.5 Å². The van der Waals surface area contributed by atoms with E-state index in [2.05, 4.69) is 26.6 Å². The maximum atomic E-state index is 13.4. The first kappa shape index (κ1) is 13.4. The number of carbonyl (C=O) groups is 1. The van der Waals surface area contributed by atoms with E-state index >= 15 is 0 Å². The van der Waals surface area contributed by atoms with E-state index in [4.69, 9.17) is 0 Å². The normalized spacial score (nSPS) is 14.6. The zero-order valence-corrected chi connectivity index (χ0v) is 11.2. The molecule has 0 unspecified atom stereocenters. The molecule has 0 saturated heterocycles. The average Bonchev–Trinajstić information content (AvgIpc) is 3.10. The van der Waals surface area contributed by atoms with E-state index in [1.54, 1.807) is 0 Å². The molecule has 1 aliphatic carbocycles. The van der Waals surface area contributed by atoms with Crippen LogP contribution in [-0.2, 0) is 4.79 Å². The largest absolute Gasteiger partial charge is 0.323 e. The predicted molar refractivity (Wildman–Crippen MR) is 68.3 cm³/mol. The molecule has 18 heavy (non-hydrogen) atoms. The summed E-state index contributed by atoms with van der Waals surface area (Å²) in [6, 6.07) is 2.48. The molecule has 0 aromatic heterocycles. The summed E-state index contributed by atoms with van der Waals surface area (Å²) >= 11 is 2.87. The van der Waals surface area contributed by atoms with Crippen molar-refractivity contribution in [2.75, 3.05) is 11.9 Å². The predicted octanol–water partition coefficient (Wildman–Crippen LogP) is 2.81. The van der Waals surface area contributed by atoms with Crippen molar-refractivity contribution >= 4 is 27.5 Å².